The molecule has 0 bridgehead atoms. The third-order valence-corrected chi connectivity index (χ3v) is 9.17. The van der Waals surface area contributed by atoms with Crippen LogP contribution in [0.4, 0.5) is 11.4 Å². The third kappa shape index (κ3) is 4.23. The fraction of sp³-hybridized carbons (Fsp3) is 0.189. The Morgan fingerprint density at radius 3 is 2.28 bits per heavy atom. The number of carbonyl (C=O) groups is 4. The maximum absolute atomic E-state index is 15.2. The second-order valence-electron chi connectivity index (χ2n) is 11.5. The number of anilines is 2. The number of benzene rings is 4. The van der Waals surface area contributed by atoms with Crippen LogP contribution in [0.3, 0.4) is 0 Å². The van der Waals surface area contributed by atoms with Gasteiger partial charge in [-0.15, -0.1) is 0 Å². The standard InChI is InChI=1S/C37H30N2O7/c1-21(40)46-24-15-12-23(13-16-24)34(41)33-32(35(42)26-20-25(44-2)17-18-30(26)45-3)37(27-9-5-6-10-28(27)38-36(37)43)31-19-14-22-8-4-7-11-29(22)39(31)33/h4-20,31-33H,1-3H3,(H,38,43)/t31-,32-,33+,37+/m0/s1. The molecule has 3 aliphatic heterocycles. The van der Waals surface area contributed by atoms with Crippen molar-refractivity contribution in [2.75, 3.05) is 24.4 Å². The van der Waals surface area contributed by atoms with Gasteiger partial charge in [-0.25, -0.2) is 0 Å². The topological polar surface area (TPSA) is 111 Å². The molecule has 4 atom stereocenters. The van der Waals surface area contributed by atoms with Crippen LogP contribution in [0.15, 0.2) is 97.1 Å². The Morgan fingerprint density at radius 2 is 1.54 bits per heavy atom. The van der Waals surface area contributed by atoms with Crippen LogP contribution in [0.25, 0.3) is 6.08 Å². The van der Waals surface area contributed by atoms with Gasteiger partial charge in [-0.3, -0.25) is 19.2 Å². The molecule has 1 N–H and O–H groups in total. The monoisotopic (exact) mass is 614 g/mol. The lowest BCUT2D eigenvalue weighted by Crippen LogP contribution is -2.51. The average Bonchev–Trinajstić information content (AvgIpc) is 3.56. The van der Waals surface area contributed by atoms with E-state index in [0.29, 0.717) is 28.3 Å². The van der Waals surface area contributed by atoms with Crippen molar-refractivity contribution < 1.29 is 33.4 Å². The fourth-order valence-corrected chi connectivity index (χ4v) is 7.32. The molecule has 1 spiro atoms. The number of rotatable bonds is 7. The summed E-state index contributed by atoms with van der Waals surface area (Å²) in [6, 6.07) is 24.3. The number of fused-ring (bicyclic) bond motifs is 6. The quantitative estimate of drug-likeness (QED) is 0.165. The summed E-state index contributed by atoms with van der Waals surface area (Å²) < 4.78 is 16.3. The van der Waals surface area contributed by atoms with Crippen LogP contribution in [0.2, 0.25) is 0 Å². The molecule has 4 aromatic rings. The van der Waals surface area contributed by atoms with Gasteiger partial charge in [0.1, 0.15) is 28.7 Å². The van der Waals surface area contributed by atoms with Crippen molar-refractivity contribution in [1.82, 2.24) is 0 Å². The number of nitrogens with one attached hydrogen (secondary N) is 1. The normalized spacial score (nSPS) is 22.0. The fourth-order valence-electron chi connectivity index (χ4n) is 7.32. The van der Waals surface area contributed by atoms with Gasteiger partial charge < -0.3 is 24.4 Å². The van der Waals surface area contributed by atoms with Crippen molar-refractivity contribution in [3.63, 3.8) is 0 Å². The number of amides is 1. The van der Waals surface area contributed by atoms with E-state index in [0.717, 1.165) is 11.3 Å². The van der Waals surface area contributed by atoms with Crippen LogP contribution in [-0.4, -0.2) is 49.7 Å². The highest BCUT2D eigenvalue weighted by atomic mass is 16.5. The van der Waals surface area contributed by atoms with Crippen LogP contribution in [0.1, 0.15) is 38.8 Å². The minimum absolute atomic E-state index is 0.198. The largest absolute Gasteiger partial charge is 0.497 e. The van der Waals surface area contributed by atoms with Gasteiger partial charge in [-0.1, -0.05) is 48.6 Å². The smallest absolute Gasteiger partial charge is 0.308 e. The van der Waals surface area contributed by atoms with Crippen molar-refractivity contribution in [1.29, 1.82) is 0 Å². The molecule has 3 aliphatic rings. The SMILES string of the molecule is COc1ccc(OC)c(C(=O)[C@@H]2[C@H](C(=O)c3ccc(OC(C)=O)cc3)N3c4ccccc4C=C[C@H]3[C@@]23C(=O)Nc2ccccc23)c1. The number of ether oxygens (including phenoxy) is 3. The van der Waals surface area contributed by atoms with Crippen molar-refractivity contribution in [2.45, 2.75) is 24.4 Å². The molecule has 7 rings (SSSR count). The second kappa shape index (κ2) is 11.0. The van der Waals surface area contributed by atoms with Gasteiger partial charge in [0.05, 0.1) is 31.7 Å². The molecule has 0 aliphatic carbocycles. The maximum Gasteiger partial charge on any atom is 0.308 e. The van der Waals surface area contributed by atoms with Crippen LogP contribution >= 0.6 is 0 Å². The van der Waals surface area contributed by atoms with E-state index in [1.807, 2.05) is 65.6 Å². The minimum Gasteiger partial charge on any atom is -0.497 e. The molecule has 9 heteroatoms. The number of nitrogens with zero attached hydrogens (tertiary/aromatic N) is 1. The molecule has 230 valence electrons. The van der Waals surface area contributed by atoms with E-state index in [2.05, 4.69) is 5.32 Å². The summed E-state index contributed by atoms with van der Waals surface area (Å²) in [5, 5.41) is 3.03. The van der Waals surface area contributed by atoms with Crippen molar-refractivity contribution in [2.24, 2.45) is 5.92 Å². The summed E-state index contributed by atoms with van der Waals surface area (Å²) in [4.78, 5) is 58.2. The molecule has 1 saturated heterocycles. The van der Waals surface area contributed by atoms with Crippen LogP contribution in [0.5, 0.6) is 17.2 Å². The van der Waals surface area contributed by atoms with Crippen molar-refractivity contribution in [3.05, 3.63) is 119 Å². The predicted molar refractivity (Wildman–Crippen MR) is 172 cm³/mol. The van der Waals surface area contributed by atoms with Gasteiger partial charge in [0.2, 0.25) is 5.91 Å². The first-order valence-electron chi connectivity index (χ1n) is 14.8. The molecule has 0 unspecified atom stereocenters. The number of para-hydroxylation sites is 2. The number of carbonyl (C=O) groups excluding carboxylic acids is 4. The van der Waals surface area contributed by atoms with Gasteiger partial charge >= 0.3 is 5.97 Å². The summed E-state index contributed by atoms with van der Waals surface area (Å²) in [6.45, 7) is 1.30. The lowest BCUT2D eigenvalue weighted by atomic mass is 9.64. The Balaban J connectivity index is 1.50. The zero-order valence-corrected chi connectivity index (χ0v) is 25.4. The Labute approximate surface area is 265 Å². The van der Waals surface area contributed by atoms with Gasteiger partial charge in [-0.05, 0) is 65.7 Å². The number of methoxy groups -OCH3 is 2. The van der Waals surface area contributed by atoms with Crippen LogP contribution < -0.4 is 24.4 Å². The number of Topliss-reactive ketones (excluding diaryl/α,β-unsaturated/α-hetero) is 2. The molecule has 0 radical (unpaired) electrons. The van der Waals surface area contributed by atoms with Gasteiger partial charge in [0.15, 0.2) is 11.6 Å². The van der Waals surface area contributed by atoms with E-state index in [9.17, 15) is 14.4 Å². The van der Waals surface area contributed by atoms with Gasteiger partial charge in [0.25, 0.3) is 0 Å². The lowest BCUT2D eigenvalue weighted by molar-refractivity contribution is -0.131. The number of ketones is 2. The summed E-state index contributed by atoms with van der Waals surface area (Å²) in [6.07, 6.45) is 3.87. The molecule has 9 nitrogen and oxygen atoms in total. The first-order valence-corrected chi connectivity index (χ1v) is 14.8. The molecule has 0 aromatic heterocycles. The van der Waals surface area contributed by atoms with E-state index in [1.54, 1.807) is 42.5 Å². The zero-order chi connectivity index (χ0) is 32.2. The highest BCUT2D eigenvalue weighted by Gasteiger charge is 2.70. The summed E-state index contributed by atoms with van der Waals surface area (Å²) >= 11 is 0. The lowest BCUT2D eigenvalue weighted by Gasteiger charge is -2.37. The highest BCUT2D eigenvalue weighted by Crippen LogP contribution is 2.58. The van der Waals surface area contributed by atoms with Gasteiger partial charge in [0, 0.05) is 23.9 Å². The van der Waals surface area contributed by atoms with Crippen molar-refractivity contribution in [3.8, 4) is 17.2 Å². The molecule has 1 amide bonds. The summed E-state index contributed by atoms with van der Waals surface area (Å²) in [5.74, 6) is -1.83. The molecule has 4 aromatic carbocycles. The van der Waals surface area contributed by atoms with E-state index in [-0.39, 0.29) is 23.0 Å². The third-order valence-electron chi connectivity index (χ3n) is 9.17. The van der Waals surface area contributed by atoms with Gasteiger partial charge in [-0.2, -0.15) is 0 Å². The highest BCUT2D eigenvalue weighted by molar-refractivity contribution is 6.19. The molecular weight excluding hydrogens is 584 g/mol. The molecule has 46 heavy (non-hydrogen) atoms. The number of hydrogen-bond donors (Lipinski definition) is 1. The summed E-state index contributed by atoms with van der Waals surface area (Å²) in [7, 11) is 2.97. The van der Waals surface area contributed by atoms with Crippen LogP contribution in [0, 0.1) is 5.92 Å². The molecule has 1 fully saturated rings. The Morgan fingerprint density at radius 1 is 0.826 bits per heavy atom. The second-order valence-corrected chi connectivity index (χ2v) is 11.5. The van der Waals surface area contributed by atoms with Crippen molar-refractivity contribution >= 4 is 40.9 Å². The maximum atomic E-state index is 15.2. The van der Waals surface area contributed by atoms with E-state index >= 15 is 4.79 Å². The predicted octanol–water partition coefficient (Wildman–Crippen LogP) is 5.49. The van der Waals surface area contributed by atoms with E-state index < -0.39 is 35.2 Å². The zero-order valence-electron chi connectivity index (χ0n) is 25.4. The van der Waals surface area contributed by atoms with E-state index in [1.165, 1.54) is 21.1 Å². The molecule has 3 heterocycles. The molecule has 0 saturated carbocycles. The van der Waals surface area contributed by atoms with E-state index in [4.69, 9.17) is 14.2 Å². The Kier molecular flexibility index (Phi) is 6.96. The minimum atomic E-state index is -1.48. The number of esters is 1. The Bertz CT molecular complexity index is 1950. The molecular formula is C37H30N2O7. The Hall–Kier alpha value is -5.70. The number of hydrogen-bond acceptors (Lipinski definition) is 8. The summed E-state index contributed by atoms with van der Waals surface area (Å²) in [5.41, 5.74) is 1.83. The first kappa shape index (κ1) is 29.0. The first-order chi connectivity index (χ1) is 22.3. The average molecular weight is 615 g/mol. The van der Waals surface area contributed by atoms with Crippen LogP contribution in [-0.2, 0) is 15.0 Å².